The van der Waals surface area contributed by atoms with E-state index in [9.17, 15) is 4.79 Å². The van der Waals surface area contributed by atoms with Gasteiger partial charge in [0.25, 0.3) is 5.91 Å². The van der Waals surface area contributed by atoms with Crippen molar-refractivity contribution < 1.29 is 9.53 Å². The Kier molecular flexibility index (Phi) is 8.03. The van der Waals surface area contributed by atoms with Crippen LogP contribution < -0.4 is 10.1 Å². The third-order valence-electron chi connectivity index (χ3n) is 5.66. The van der Waals surface area contributed by atoms with Crippen LogP contribution in [0.2, 0.25) is 0 Å². The van der Waals surface area contributed by atoms with E-state index in [1.54, 1.807) is 12.4 Å². The third-order valence-corrected chi connectivity index (χ3v) is 5.66. The molecule has 1 amide bonds. The van der Waals surface area contributed by atoms with E-state index in [0.717, 1.165) is 50.1 Å². The number of pyridine rings is 1. The van der Waals surface area contributed by atoms with Crippen molar-refractivity contribution in [3.63, 3.8) is 0 Å². The molecule has 1 saturated heterocycles. The SMILES string of the molecule is C=C(C)CC[C@H](C)N1CCC(Oc2cccc(C(=O)NCc3cccnc3)c2)CC1. The molecule has 1 N–H and O–H groups in total. The summed E-state index contributed by atoms with van der Waals surface area (Å²) in [5, 5.41) is 2.94. The Hall–Kier alpha value is -2.66. The number of hydrogen-bond acceptors (Lipinski definition) is 4. The van der Waals surface area contributed by atoms with Gasteiger partial charge in [-0.25, -0.2) is 0 Å². The van der Waals surface area contributed by atoms with E-state index in [0.29, 0.717) is 18.2 Å². The molecule has 1 aromatic carbocycles. The fourth-order valence-corrected chi connectivity index (χ4v) is 3.76. The monoisotopic (exact) mass is 407 g/mol. The average Bonchev–Trinajstić information content (AvgIpc) is 2.77. The van der Waals surface area contributed by atoms with Crippen LogP contribution in [0.1, 0.15) is 55.5 Å². The number of hydrogen-bond donors (Lipinski definition) is 1. The highest BCUT2D eigenvalue weighted by Gasteiger charge is 2.23. The first-order chi connectivity index (χ1) is 14.5. The van der Waals surface area contributed by atoms with Gasteiger partial charge in [0.15, 0.2) is 0 Å². The minimum absolute atomic E-state index is 0.106. The van der Waals surface area contributed by atoms with Gasteiger partial charge in [0.05, 0.1) is 0 Å². The first kappa shape index (κ1) is 22.0. The summed E-state index contributed by atoms with van der Waals surface area (Å²) in [6.07, 6.45) is 7.95. The van der Waals surface area contributed by atoms with Crippen molar-refractivity contribution in [1.29, 1.82) is 0 Å². The summed E-state index contributed by atoms with van der Waals surface area (Å²) in [5.74, 6) is 0.656. The maximum atomic E-state index is 12.5. The molecule has 0 spiro atoms. The van der Waals surface area contributed by atoms with Crippen LogP contribution in [0.15, 0.2) is 60.9 Å². The lowest BCUT2D eigenvalue weighted by Gasteiger charge is -2.36. The molecule has 1 aliphatic rings. The smallest absolute Gasteiger partial charge is 0.251 e. The molecule has 0 aliphatic carbocycles. The Balaban J connectivity index is 1.47. The van der Waals surface area contributed by atoms with Gasteiger partial charge in [-0.05, 0) is 69.4 Å². The van der Waals surface area contributed by atoms with Crippen molar-refractivity contribution in [2.24, 2.45) is 0 Å². The van der Waals surface area contributed by atoms with Crippen molar-refractivity contribution in [3.8, 4) is 5.75 Å². The molecule has 2 heterocycles. The molecule has 1 aromatic heterocycles. The molecule has 0 unspecified atom stereocenters. The van der Waals surface area contributed by atoms with Crippen molar-refractivity contribution >= 4 is 5.91 Å². The Labute approximate surface area is 180 Å². The minimum atomic E-state index is -0.106. The van der Waals surface area contributed by atoms with E-state index < -0.39 is 0 Å². The van der Waals surface area contributed by atoms with E-state index in [2.05, 4.69) is 35.6 Å². The molecule has 1 fully saturated rings. The molecule has 0 bridgehead atoms. The fraction of sp³-hybridized carbons (Fsp3) is 0.440. The molecule has 30 heavy (non-hydrogen) atoms. The number of benzene rings is 1. The molecule has 5 heteroatoms. The normalized spacial score (nSPS) is 16.1. The zero-order chi connectivity index (χ0) is 21.3. The lowest BCUT2D eigenvalue weighted by molar-refractivity contribution is 0.0773. The van der Waals surface area contributed by atoms with Crippen molar-refractivity contribution in [2.75, 3.05) is 13.1 Å². The number of rotatable bonds is 9. The molecule has 0 saturated carbocycles. The number of amides is 1. The molecule has 0 radical (unpaired) electrons. The van der Waals surface area contributed by atoms with E-state index in [1.807, 2.05) is 36.4 Å². The van der Waals surface area contributed by atoms with Crippen LogP contribution in [0.3, 0.4) is 0 Å². The number of carbonyl (C=O) groups excluding carboxylic acids is 1. The summed E-state index contributed by atoms with van der Waals surface area (Å²) in [7, 11) is 0. The Bertz CT molecular complexity index is 829. The number of aromatic nitrogens is 1. The van der Waals surface area contributed by atoms with Crippen LogP contribution in [0.25, 0.3) is 0 Å². The quantitative estimate of drug-likeness (QED) is 0.617. The second kappa shape index (κ2) is 10.9. The van der Waals surface area contributed by atoms with E-state index >= 15 is 0 Å². The largest absolute Gasteiger partial charge is 0.490 e. The fourth-order valence-electron chi connectivity index (χ4n) is 3.76. The summed E-state index contributed by atoms with van der Waals surface area (Å²) in [4.78, 5) is 19.1. The average molecular weight is 408 g/mol. The van der Waals surface area contributed by atoms with Crippen LogP contribution in [0, 0.1) is 0 Å². The molecular weight excluding hydrogens is 374 g/mol. The van der Waals surface area contributed by atoms with Crippen molar-refractivity contribution in [1.82, 2.24) is 15.2 Å². The minimum Gasteiger partial charge on any atom is -0.490 e. The van der Waals surface area contributed by atoms with Crippen LogP contribution in [-0.4, -0.2) is 41.0 Å². The van der Waals surface area contributed by atoms with E-state index in [-0.39, 0.29) is 12.0 Å². The number of carbonyl (C=O) groups is 1. The number of likely N-dealkylation sites (tertiary alicyclic amines) is 1. The Morgan fingerprint density at radius 1 is 1.30 bits per heavy atom. The molecule has 2 aromatic rings. The van der Waals surface area contributed by atoms with Crippen LogP contribution in [-0.2, 0) is 6.54 Å². The number of ether oxygens (including phenoxy) is 1. The standard InChI is InChI=1S/C25H33N3O2/c1-19(2)9-10-20(3)28-14-11-23(12-15-28)30-24-8-4-7-22(16-24)25(29)27-18-21-6-5-13-26-17-21/h4-8,13,16-17,20,23H,1,9-12,14-15,18H2,2-3H3,(H,27,29)/t20-/m0/s1. The zero-order valence-corrected chi connectivity index (χ0v) is 18.1. The van der Waals surface area contributed by atoms with Crippen molar-refractivity contribution in [3.05, 3.63) is 72.1 Å². The Morgan fingerprint density at radius 2 is 2.10 bits per heavy atom. The topological polar surface area (TPSA) is 54.5 Å². The summed E-state index contributed by atoms with van der Waals surface area (Å²) < 4.78 is 6.20. The third kappa shape index (κ3) is 6.70. The first-order valence-electron chi connectivity index (χ1n) is 10.8. The molecule has 3 rings (SSSR count). The van der Waals surface area contributed by atoms with Gasteiger partial charge in [-0.3, -0.25) is 9.78 Å². The van der Waals surface area contributed by atoms with Crippen LogP contribution in [0.5, 0.6) is 5.75 Å². The van der Waals surface area contributed by atoms with Gasteiger partial charge in [0.1, 0.15) is 11.9 Å². The number of allylic oxidation sites excluding steroid dienone is 1. The van der Waals surface area contributed by atoms with Gasteiger partial charge in [0, 0.05) is 43.6 Å². The number of piperidine rings is 1. The Morgan fingerprint density at radius 3 is 2.80 bits per heavy atom. The van der Waals surface area contributed by atoms with Crippen LogP contribution in [0.4, 0.5) is 0 Å². The summed E-state index contributed by atoms with van der Waals surface area (Å²) in [5.41, 5.74) is 2.84. The molecule has 160 valence electrons. The zero-order valence-electron chi connectivity index (χ0n) is 18.1. The molecule has 1 aliphatic heterocycles. The highest BCUT2D eigenvalue weighted by atomic mass is 16.5. The van der Waals surface area contributed by atoms with Gasteiger partial charge < -0.3 is 15.0 Å². The molecule has 1 atom stereocenters. The van der Waals surface area contributed by atoms with Gasteiger partial charge >= 0.3 is 0 Å². The summed E-state index contributed by atoms with van der Waals surface area (Å²) in [6, 6.07) is 11.8. The second-order valence-electron chi connectivity index (χ2n) is 8.27. The van der Waals surface area contributed by atoms with E-state index in [4.69, 9.17) is 4.74 Å². The van der Waals surface area contributed by atoms with Gasteiger partial charge in [-0.2, -0.15) is 0 Å². The molecular formula is C25H33N3O2. The predicted octanol–water partition coefficient (Wildman–Crippen LogP) is 4.60. The molecule has 5 nitrogen and oxygen atoms in total. The highest BCUT2D eigenvalue weighted by Crippen LogP contribution is 2.22. The van der Waals surface area contributed by atoms with Gasteiger partial charge in [0.2, 0.25) is 0 Å². The van der Waals surface area contributed by atoms with E-state index in [1.165, 1.54) is 5.57 Å². The maximum Gasteiger partial charge on any atom is 0.251 e. The summed E-state index contributed by atoms with van der Waals surface area (Å²) in [6.45, 7) is 11.0. The van der Waals surface area contributed by atoms with Gasteiger partial charge in [-0.15, -0.1) is 6.58 Å². The predicted molar refractivity (Wildman–Crippen MR) is 121 cm³/mol. The lowest BCUT2D eigenvalue weighted by atomic mass is 10.0. The second-order valence-corrected chi connectivity index (χ2v) is 8.27. The van der Waals surface area contributed by atoms with Crippen molar-refractivity contribution in [2.45, 2.75) is 58.2 Å². The summed E-state index contributed by atoms with van der Waals surface area (Å²) >= 11 is 0. The highest BCUT2D eigenvalue weighted by molar-refractivity contribution is 5.94. The lowest BCUT2D eigenvalue weighted by Crippen LogP contribution is -2.43. The van der Waals surface area contributed by atoms with Gasteiger partial charge in [-0.1, -0.05) is 17.7 Å². The maximum absolute atomic E-state index is 12.5. The first-order valence-corrected chi connectivity index (χ1v) is 10.8. The van der Waals surface area contributed by atoms with Crippen LogP contribution >= 0.6 is 0 Å². The number of nitrogens with zero attached hydrogens (tertiary/aromatic N) is 2. The number of nitrogens with one attached hydrogen (secondary N) is 1.